The van der Waals surface area contributed by atoms with Crippen LogP contribution in [0.25, 0.3) is 0 Å². The van der Waals surface area contributed by atoms with Crippen LogP contribution in [0.2, 0.25) is 5.02 Å². The summed E-state index contributed by atoms with van der Waals surface area (Å²) >= 11 is 6.65. The molecule has 14 heteroatoms. The highest BCUT2D eigenvalue weighted by atomic mass is 35.5. The number of aliphatic hydroxyl groups excluding tert-OH is 1. The molecule has 2 heterocycles. The highest BCUT2D eigenvalue weighted by molar-refractivity contribution is 6.31. The molecule has 44 heavy (non-hydrogen) atoms. The first-order valence-electron chi connectivity index (χ1n) is 14.9. The number of rotatable bonds is 9. The molecule has 0 bridgehead atoms. The number of likely N-dealkylation sites (tertiary alicyclic amines) is 1. The van der Waals surface area contributed by atoms with E-state index in [0.717, 1.165) is 17.9 Å². The van der Waals surface area contributed by atoms with Crippen molar-refractivity contribution in [3.05, 3.63) is 39.7 Å². The molecular formula is C30H40ClF2N5O6. The van der Waals surface area contributed by atoms with E-state index in [9.17, 15) is 33.4 Å². The van der Waals surface area contributed by atoms with E-state index in [2.05, 4.69) is 0 Å². The molecular weight excluding hydrogens is 600 g/mol. The van der Waals surface area contributed by atoms with Crippen LogP contribution in [0.4, 0.5) is 8.78 Å². The Morgan fingerprint density at radius 1 is 1.27 bits per heavy atom. The molecule has 2 aliphatic heterocycles. The van der Waals surface area contributed by atoms with Gasteiger partial charge >= 0.3 is 5.97 Å². The van der Waals surface area contributed by atoms with E-state index in [1.165, 1.54) is 18.9 Å². The summed E-state index contributed by atoms with van der Waals surface area (Å²) in [5.41, 5.74) is 4.70. The van der Waals surface area contributed by atoms with Crippen molar-refractivity contribution in [1.82, 2.24) is 14.8 Å². The number of allylic oxidation sites excluding steroid dienone is 1. The first-order chi connectivity index (χ1) is 20.7. The summed E-state index contributed by atoms with van der Waals surface area (Å²) in [6.45, 7) is 1.85. The number of carboxylic acid groups (broad SMARTS) is 1. The lowest BCUT2D eigenvalue weighted by Gasteiger charge is -2.46. The third kappa shape index (κ3) is 5.81. The van der Waals surface area contributed by atoms with Gasteiger partial charge in [0.25, 0.3) is 6.43 Å². The number of benzene rings is 1. The third-order valence-corrected chi connectivity index (χ3v) is 10.3. The number of aliphatic carboxylic acids is 1. The summed E-state index contributed by atoms with van der Waals surface area (Å²) in [5.74, 6) is 2.86. The van der Waals surface area contributed by atoms with Crippen LogP contribution in [0.5, 0.6) is 5.75 Å². The molecule has 0 aromatic heterocycles. The standard InChI is InChI=1S/C30H40ClF2N5O6/c1-29(28(42)43)8-3-4-20(39)24(29)27(41)38-11-7-16-17(31)5-6-21(44-14-18(34)25(26(32)33)36(2)35)23(16)19(38)13-37-15-30(9-10-30)12-22(37)40/h5-6,19-20,24,26,39H,3-4,7-15,34-35H2,1-2H3,(H,42,43)/b25-18-/t19-,20+,24+,29+/m1/s1. The second-order valence-corrected chi connectivity index (χ2v) is 13.4. The molecule has 2 amide bonds. The number of ether oxygens (including phenoxy) is 1. The maximum Gasteiger partial charge on any atom is 0.310 e. The molecule has 0 unspecified atom stereocenters. The Hall–Kier alpha value is -3.16. The molecule has 1 spiro atoms. The van der Waals surface area contributed by atoms with Crippen LogP contribution in [0, 0.1) is 16.7 Å². The number of hydrazine groups is 1. The lowest BCUT2D eigenvalue weighted by Crippen LogP contribution is -2.56. The number of alkyl halides is 2. The minimum absolute atomic E-state index is 0.0423. The summed E-state index contributed by atoms with van der Waals surface area (Å²) in [6, 6.07) is 2.37. The minimum atomic E-state index is -2.95. The number of amides is 2. The zero-order chi connectivity index (χ0) is 32.1. The lowest BCUT2D eigenvalue weighted by atomic mass is 9.65. The summed E-state index contributed by atoms with van der Waals surface area (Å²) in [4.78, 5) is 43.2. The number of hydrogen-bond donors (Lipinski definition) is 4. The third-order valence-electron chi connectivity index (χ3n) is 9.93. The number of hydrogen-bond acceptors (Lipinski definition) is 8. The average molecular weight is 640 g/mol. The maximum atomic E-state index is 14.4. The summed E-state index contributed by atoms with van der Waals surface area (Å²) in [6.07, 6.45) is -0.540. The maximum absolute atomic E-state index is 14.4. The van der Waals surface area contributed by atoms with Crippen LogP contribution < -0.4 is 16.3 Å². The molecule has 1 aromatic carbocycles. The molecule has 6 N–H and O–H groups in total. The minimum Gasteiger partial charge on any atom is -0.487 e. The molecule has 11 nitrogen and oxygen atoms in total. The summed E-state index contributed by atoms with van der Waals surface area (Å²) in [5, 5.41) is 22.3. The van der Waals surface area contributed by atoms with Gasteiger partial charge in [0, 0.05) is 43.7 Å². The highest BCUT2D eigenvalue weighted by Crippen LogP contribution is 2.54. The number of aliphatic hydroxyl groups is 1. The van der Waals surface area contributed by atoms with Crippen LogP contribution in [-0.4, -0.2) is 88.6 Å². The average Bonchev–Trinajstić information content (AvgIpc) is 3.62. The molecule has 4 atom stereocenters. The zero-order valence-electron chi connectivity index (χ0n) is 24.9. The van der Waals surface area contributed by atoms with E-state index in [1.807, 2.05) is 0 Å². The number of nitrogens with two attached hydrogens (primary N) is 2. The Morgan fingerprint density at radius 2 is 1.98 bits per heavy atom. The fourth-order valence-electron chi connectivity index (χ4n) is 7.26. The predicted octanol–water partition coefficient (Wildman–Crippen LogP) is 2.65. The van der Waals surface area contributed by atoms with Crippen LogP contribution in [0.3, 0.4) is 0 Å². The number of halogens is 3. The Bertz CT molecular complexity index is 1360. The van der Waals surface area contributed by atoms with Gasteiger partial charge in [0.05, 0.1) is 29.2 Å². The van der Waals surface area contributed by atoms with Crippen LogP contribution >= 0.6 is 11.6 Å². The van der Waals surface area contributed by atoms with Crippen molar-refractivity contribution in [2.45, 2.75) is 70.4 Å². The van der Waals surface area contributed by atoms with E-state index in [4.69, 9.17) is 27.9 Å². The van der Waals surface area contributed by atoms with Crippen LogP contribution in [-0.2, 0) is 20.8 Å². The smallest absolute Gasteiger partial charge is 0.310 e. The van der Waals surface area contributed by atoms with Gasteiger partial charge in [-0.2, -0.15) is 0 Å². The first kappa shape index (κ1) is 32.2. The van der Waals surface area contributed by atoms with E-state index in [-0.39, 0.29) is 55.1 Å². The van der Waals surface area contributed by atoms with Crippen molar-refractivity contribution in [2.75, 3.05) is 33.3 Å². The highest BCUT2D eigenvalue weighted by Gasteiger charge is 2.55. The predicted molar refractivity (Wildman–Crippen MR) is 156 cm³/mol. The molecule has 0 radical (unpaired) electrons. The number of carboxylic acids is 1. The van der Waals surface area contributed by atoms with Gasteiger partial charge in [-0.25, -0.2) is 14.6 Å². The topological polar surface area (TPSA) is 163 Å². The quantitative estimate of drug-likeness (QED) is 0.235. The fraction of sp³-hybridized carbons (Fsp3) is 0.633. The van der Waals surface area contributed by atoms with Crippen molar-refractivity contribution >= 4 is 29.4 Å². The van der Waals surface area contributed by atoms with Gasteiger partial charge < -0.3 is 35.5 Å². The molecule has 4 aliphatic rings. The monoisotopic (exact) mass is 639 g/mol. The normalized spacial score (nSPS) is 28.2. The van der Waals surface area contributed by atoms with Crippen molar-refractivity contribution < 1.29 is 38.1 Å². The van der Waals surface area contributed by atoms with E-state index in [0.29, 0.717) is 35.5 Å². The summed E-state index contributed by atoms with van der Waals surface area (Å²) in [7, 11) is 1.24. The van der Waals surface area contributed by atoms with Crippen molar-refractivity contribution in [2.24, 2.45) is 28.3 Å². The molecule has 5 rings (SSSR count). The molecule has 3 fully saturated rings. The largest absolute Gasteiger partial charge is 0.487 e. The Balaban J connectivity index is 1.56. The van der Waals surface area contributed by atoms with Gasteiger partial charge in [0.2, 0.25) is 11.8 Å². The molecule has 1 aromatic rings. The van der Waals surface area contributed by atoms with Gasteiger partial charge in [0.15, 0.2) is 0 Å². The van der Waals surface area contributed by atoms with Crippen molar-refractivity contribution in [3.8, 4) is 5.75 Å². The van der Waals surface area contributed by atoms with Crippen molar-refractivity contribution in [1.29, 1.82) is 0 Å². The number of carbonyl (C=O) groups is 3. The molecule has 2 aliphatic carbocycles. The van der Waals surface area contributed by atoms with Gasteiger partial charge in [0.1, 0.15) is 18.1 Å². The lowest BCUT2D eigenvalue weighted by molar-refractivity contribution is -0.170. The van der Waals surface area contributed by atoms with E-state index >= 15 is 0 Å². The Labute approximate surface area is 259 Å². The molecule has 2 saturated carbocycles. The van der Waals surface area contributed by atoms with Gasteiger partial charge in [-0.3, -0.25) is 14.4 Å². The SMILES string of the molecule is CN(N)/C(=C(\N)COc1ccc(Cl)c2c1[C@@H](CN1CC3(CC3)CC1=O)N(C(=O)[C@@H]1[C@@H](O)CCC[C@]1(C)C(=O)O)CC2)C(F)F. The van der Waals surface area contributed by atoms with Crippen LogP contribution in [0.15, 0.2) is 23.5 Å². The second-order valence-electron chi connectivity index (χ2n) is 13.0. The van der Waals surface area contributed by atoms with E-state index < -0.39 is 54.1 Å². The van der Waals surface area contributed by atoms with Gasteiger partial charge in [-0.05, 0) is 68.6 Å². The molecule has 242 valence electrons. The number of fused-ring (bicyclic) bond motifs is 1. The van der Waals surface area contributed by atoms with E-state index in [1.54, 1.807) is 17.0 Å². The Kier molecular flexibility index (Phi) is 8.78. The Morgan fingerprint density at radius 3 is 2.57 bits per heavy atom. The van der Waals surface area contributed by atoms with Crippen molar-refractivity contribution in [3.63, 3.8) is 0 Å². The first-order valence-corrected chi connectivity index (χ1v) is 15.3. The number of carbonyl (C=O) groups excluding carboxylic acids is 2. The second kappa shape index (κ2) is 12.0. The zero-order valence-corrected chi connectivity index (χ0v) is 25.7. The van der Waals surface area contributed by atoms with Gasteiger partial charge in [-0.1, -0.05) is 11.6 Å². The van der Waals surface area contributed by atoms with Gasteiger partial charge in [-0.15, -0.1) is 0 Å². The fourth-order valence-corrected chi connectivity index (χ4v) is 7.52. The number of nitrogens with zero attached hydrogens (tertiary/aromatic N) is 3. The summed E-state index contributed by atoms with van der Waals surface area (Å²) < 4.78 is 33.3. The van der Waals surface area contributed by atoms with Crippen LogP contribution in [0.1, 0.15) is 62.6 Å². The molecule has 1 saturated heterocycles.